The Bertz CT molecular complexity index is 297. The van der Waals surface area contributed by atoms with Crippen molar-refractivity contribution in [2.45, 2.75) is 38.2 Å². The van der Waals surface area contributed by atoms with Gasteiger partial charge in [-0.1, -0.05) is 0 Å². The zero-order valence-electron chi connectivity index (χ0n) is 12.2. The van der Waals surface area contributed by atoms with Crippen LogP contribution in [0.15, 0.2) is 4.99 Å². The average molecular weight is 269 g/mol. The van der Waals surface area contributed by atoms with E-state index in [1.807, 2.05) is 0 Å². The highest BCUT2D eigenvalue weighted by Crippen LogP contribution is 2.28. The molecule has 5 heteroatoms. The van der Waals surface area contributed by atoms with Crippen molar-refractivity contribution in [2.24, 2.45) is 10.9 Å². The lowest BCUT2D eigenvalue weighted by Crippen LogP contribution is -2.46. The first-order valence-electron chi connectivity index (χ1n) is 7.38. The van der Waals surface area contributed by atoms with Crippen LogP contribution in [0.25, 0.3) is 0 Å². The van der Waals surface area contributed by atoms with Crippen molar-refractivity contribution in [3.63, 3.8) is 0 Å². The molecule has 0 aromatic heterocycles. The van der Waals surface area contributed by atoms with Gasteiger partial charge in [0.15, 0.2) is 5.96 Å². The molecule has 1 aliphatic heterocycles. The molecule has 2 rings (SSSR count). The molecule has 0 aromatic rings. The Labute approximate surface area is 116 Å². The Morgan fingerprint density at radius 1 is 1.42 bits per heavy atom. The minimum Gasteiger partial charge on any atom is -0.379 e. The smallest absolute Gasteiger partial charge is 0.191 e. The third kappa shape index (κ3) is 5.37. The van der Waals surface area contributed by atoms with Crippen molar-refractivity contribution in [3.05, 3.63) is 0 Å². The number of nitrogens with one attached hydrogen (secondary N) is 2. The molecule has 1 saturated carbocycles. The summed E-state index contributed by atoms with van der Waals surface area (Å²) in [6.45, 7) is 6.28. The molecule has 19 heavy (non-hydrogen) atoms. The third-order valence-electron chi connectivity index (χ3n) is 3.74. The summed E-state index contributed by atoms with van der Waals surface area (Å²) in [4.78, 5) is 4.21. The quantitative estimate of drug-likeness (QED) is 0.413. The minimum atomic E-state index is -0.0416. The van der Waals surface area contributed by atoms with Crippen molar-refractivity contribution in [1.82, 2.24) is 10.6 Å². The predicted octanol–water partition coefficient (Wildman–Crippen LogP) is 1.15. The van der Waals surface area contributed by atoms with Gasteiger partial charge in [0, 0.05) is 33.4 Å². The molecule has 0 radical (unpaired) electrons. The fourth-order valence-electron chi connectivity index (χ4n) is 2.24. The lowest BCUT2D eigenvalue weighted by molar-refractivity contribution is 0.0242. The monoisotopic (exact) mass is 269 g/mol. The molecule has 2 aliphatic rings. The first-order valence-corrected chi connectivity index (χ1v) is 7.38. The van der Waals surface area contributed by atoms with Gasteiger partial charge in [0.2, 0.25) is 0 Å². The van der Waals surface area contributed by atoms with Gasteiger partial charge in [0.05, 0.1) is 12.2 Å². The molecular formula is C14H27N3O2. The van der Waals surface area contributed by atoms with Gasteiger partial charge >= 0.3 is 0 Å². The summed E-state index contributed by atoms with van der Waals surface area (Å²) in [7, 11) is 1.79. The van der Waals surface area contributed by atoms with Gasteiger partial charge in [-0.05, 0) is 38.5 Å². The molecule has 110 valence electrons. The van der Waals surface area contributed by atoms with E-state index in [1.165, 1.54) is 12.8 Å². The largest absolute Gasteiger partial charge is 0.379 e. The van der Waals surface area contributed by atoms with Crippen molar-refractivity contribution in [1.29, 1.82) is 0 Å². The lowest BCUT2D eigenvalue weighted by Gasteiger charge is -2.24. The van der Waals surface area contributed by atoms with Crippen LogP contribution < -0.4 is 10.6 Å². The summed E-state index contributed by atoms with van der Waals surface area (Å²) < 4.78 is 11.3. The Kier molecular flexibility index (Phi) is 5.45. The number of aliphatic imine (C=N–C) groups is 1. The second kappa shape index (κ2) is 7.10. The van der Waals surface area contributed by atoms with Crippen LogP contribution >= 0.6 is 0 Å². The van der Waals surface area contributed by atoms with Crippen LogP contribution in [-0.4, -0.2) is 51.5 Å². The van der Waals surface area contributed by atoms with Crippen LogP contribution in [0.3, 0.4) is 0 Å². The van der Waals surface area contributed by atoms with E-state index in [9.17, 15) is 0 Å². The summed E-state index contributed by atoms with van der Waals surface area (Å²) in [6.07, 6.45) is 4.95. The van der Waals surface area contributed by atoms with Gasteiger partial charge in [0.25, 0.3) is 0 Å². The number of ether oxygens (including phenoxy) is 2. The standard InChI is InChI=1S/C14H27N3O2/c1-14(6-3-8-19-14)11-17-13(15-2)16-7-9-18-10-12-4-5-12/h12H,3-11H2,1-2H3,(H2,15,16,17). The van der Waals surface area contributed by atoms with E-state index in [1.54, 1.807) is 7.05 Å². The second-order valence-electron chi connectivity index (χ2n) is 5.77. The maximum absolute atomic E-state index is 5.74. The predicted molar refractivity (Wildman–Crippen MR) is 76.5 cm³/mol. The number of nitrogens with zero attached hydrogens (tertiary/aromatic N) is 1. The molecular weight excluding hydrogens is 242 g/mol. The zero-order chi connectivity index (χ0) is 13.6. The molecule has 1 unspecified atom stereocenters. The Morgan fingerprint density at radius 3 is 2.89 bits per heavy atom. The van der Waals surface area contributed by atoms with E-state index in [0.29, 0.717) is 0 Å². The van der Waals surface area contributed by atoms with Crippen LogP contribution in [0, 0.1) is 5.92 Å². The zero-order valence-corrected chi connectivity index (χ0v) is 12.2. The highest BCUT2D eigenvalue weighted by atomic mass is 16.5. The molecule has 2 fully saturated rings. The highest BCUT2D eigenvalue weighted by molar-refractivity contribution is 5.79. The van der Waals surface area contributed by atoms with Gasteiger partial charge in [-0.25, -0.2) is 0 Å². The molecule has 0 bridgehead atoms. The van der Waals surface area contributed by atoms with Gasteiger partial charge in [-0.15, -0.1) is 0 Å². The normalized spacial score (nSPS) is 27.6. The fraction of sp³-hybridized carbons (Fsp3) is 0.929. The Balaban J connectivity index is 1.54. The van der Waals surface area contributed by atoms with Crippen LogP contribution in [0.1, 0.15) is 32.6 Å². The van der Waals surface area contributed by atoms with Gasteiger partial charge < -0.3 is 20.1 Å². The van der Waals surface area contributed by atoms with Crippen molar-refractivity contribution < 1.29 is 9.47 Å². The van der Waals surface area contributed by atoms with Crippen LogP contribution in [-0.2, 0) is 9.47 Å². The van der Waals surface area contributed by atoms with E-state index in [2.05, 4.69) is 22.5 Å². The van der Waals surface area contributed by atoms with E-state index in [4.69, 9.17) is 9.47 Å². The Morgan fingerprint density at radius 2 is 2.26 bits per heavy atom. The van der Waals surface area contributed by atoms with Gasteiger partial charge in [-0.2, -0.15) is 0 Å². The summed E-state index contributed by atoms with van der Waals surface area (Å²) >= 11 is 0. The van der Waals surface area contributed by atoms with Crippen molar-refractivity contribution in [3.8, 4) is 0 Å². The molecule has 1 atom stereocenters. The summed E-state index contributed by atoms with van der Waals surface area (Å²) in [6, 6.07) is 0. The van der Waals surface area contributed by atoms with Gasteiger partial charge in [0.1, 0.15) is 0 Å². The van der Waals surface area contributed by atoms with Crippen LogP contribution in [0.5, 0.6) is 0 Å². The number of guanidine groups is 1. The molecule has 0 aromatic carbocycles. The van der Waals surface area contributed by atoms with Gasteiger partial charge in [-0.3, -0.25) is 4.99 Å². The highest BCUT2D eigenvalue weighted by Gasteiger charge is 2.29. The van der Waals surface area contributed by atoms with Crippen molar-refractivity contribution in [2.75, 3.05) is 40.0 Å². The number of hydrogen-bond donors (Lipinski definition) is 2. The topological polar surface area (TPSA) is 54.9 Å². The third-order valence-corrected chi connectivity index (χ3v) is 3.74. The number of hydrogen-bond acceptors (Lipinski definition) is 3. The maximum atomic E-state index is 5.74. The summed E-state index contributed by atoms with van der Waals surface area (Å²) in [5.74, 6) is 1.66. The molecule has 1 heterocycles. The summed E-state index contributed by atoms with van der Waals surface area (Å²) in [5.41, 5.74) is -0.0416. The lowest BCUT2D eigenvalue weighted by atomic mass is 10.0. The average Bonchev–Trinajstić information content (AvgIpc) is 3.14. The molecule has 1 saturated heterocycles. The molecule has 2 N–H and O–H groups in total. The Hall–Kier alpha value is -0.810. The minimum absolute atomic E-state index is 0.0416. The first-order chi connectivity index (χ1) is 9.22. The molecule has 1 aliphatic carbocycles. The molecule has 0 spiro atoms. The van der Waals surface area contributed by atoms with E-state index in [0.717, 1.165) is 57.6 Å². The van der Waals surface area contributed by atoms with E-state index < -0.39 is 0 Å². The van der Waals surface area contributed by atoms with Crippen LogP contribution in [0.4, 0.5) is 0 Å². The maximum Gasteiger partial charge on any atom is 0.191 e. The SMILES string of the molecule is CN=C(NCCOCC1CC1)NCC1(C)CCCO1. The fourth-order valence-corrected chi connectivity index (χ4v) is 2.24. The van der Waals surface area contributed by atoms with E-state index in [-0.39, 0.29) is 5.60 Å². The molecule has 5 nitrogen and oxygen atoms in total. The second-order valence-corrected chi connectivity index (χ2v) is 5.77. The number of rotatable bonds is 7. The van der Waals surface area contributed by atoms with Crippen molar-refractivity contribution >= 4 is 5.96 Å². The first kappa shape index (κ1) is 14.6. The van der Waals surface area contributed by atoms with E-state index >= 15 is 0 Å². The van der Waals surface area contributed by atoms with Crippen LogP contribution in [0.2, 0.25) is 0 Å². The summed E-state index contributed by atoms with van der Waals surface area (Å²) in [5, 5.41) is 6.59. The molecule has 0 amide bonds.